The van der Waals surface area contributed by atoms with Crippen LogP contribution in [0.1, 0.15) is 31.1 Å². The third-order valence-corrected chi connectivity index (χ3v) is 2.96. The van der Waals surface area contributed by atoms with Gasteiger partial charge in [-0.15, -0.1) is 0 Å². The fourth-order valence-electron chi connectivity index (χ4n) is 2.05. The van der Waals surface area contributed by atoms with Gasteiger partial charge >= 0.3 is 0 Å². The number of carbonyl (C=O) groups excluding carboxylic acids is 1. The molecule has 2 N–H and O–H groups in total. The third-order valence-electron chi connectivity index (χ3n) is 2.96. The van der Waals surface area contributed by atoms with Gasteiger partial charge < -0.3 is 15.3 Å². The molecule has 0 atom stereocenters. The SMILES string of the molecule is CCN(CC(C)(C)O)c1cc(C(=O)NC)ccc1[N+](=O)[O-]. The van der Waals surface area contributed by atoms with Crippen molar-refractivity contribution in [1.82, 2.24) is 5.32 Å². The Morgan fingerprint density at radius 1 is 1.48 bits per heavy atom. The number of aliphatic hydroxyl groups is 1. The normalized spacial score (nSPS) is 11.1. The number of carbonyl (C=O) groups is 1. The van der Waals surface area contributed by atoms with Crippen LogP contribution in [-0.4, -0.2) is 41.7 Å². The molecule has 0 aliphatic rings. The molecule has 1 aromatic carbocycles. The zero-order valence-corrected chi connectivity index (χ0v) is 12.7. The molecular formula is C14H21N3O4. The van der Waals surface area contributed by atoms with Gasteiger partial charge in [-0.2, -0.15) is 0 Å². The van der Waals surface area contributed by atoms with Gasteiger partial charge in [0.1, 0.15) is 5.69 Å². The molecule has 0 bridgehead atoms. The van der Waals surface area contributed by atoms with Crippen LogP contribution in [0.25, 0.3) is 0 Å². The Morgan fingerprint density at radius 3 is 2.52 bits per heavy atom. The molecule has 0 radical (unpaired) electrons. The first-order valence-corrected chi connectivity index (χ1v) is 6.67. The molecule has 7 heteroatoms. The van der Waals surface area contributed by atoms with Crippen LogP contribution >= 0.6 is 0 Å². The average molecular weight is 295 g/mol. The van der Waals surface area contributed by atoms with Crippen molar-refractivity contribution in [2.45, 2.75) is 26.4 Å². The van der Waals surface area contributed by atoms with Crippen LogP contribution in [0.15, 0.2) is 18.2 Å². The summed E-state index contributed by atoms with van der Waals surface area (Å²) in [6.45, 7) is 5.79. The lowest BCUT2D eigenvalue weighted by molar-refractivity contribution is -0.384. The summed E-state index contributed by atoms with van der Waals surface area (Å²) in [5, 5.41) is 23.6. The number of amides is 1. The second-order valence-corrected chi connectivity index (χ2v) is 5.37. The van der Waals surface area contributed by atoms with Crippen molar-refractivity contribution >= 4 is 17.3 Å². The van der Waals surface area contributed by atoms with Gasteiger partial charge in [0, 0.05) is 31.8 Å². The monoisotopic (exact) mass is 295 g/mol. The van der Waals surface area contributed by atoms with E-state index < -0.39 is 10.5 Å². The smallest absolute Gasteiger partial charge is 0.292 e. The van der Waals surface area contributed by atoms with E-state index in [0.717, 1.165) is 0 Å². The summed E-state index contributed by atoms with van der Waals surface area (Å²) in [6.07, 6.45) is 0. The highest BCUT2D eigenvalue weighted by atomic mass is 16.6. The number of nitro groups is 1. The van der Waals surface area contributed by atoms with E-state index in [9.17, 15) is 20.0 Å². The highest BCUT2D eigenvalue weighted by Crippen LogP contribution is 2.30. The van der Waals surface area contributed by atoms with E-state index in [1.807, 2.05) is 6.92 Å². The first-order valence-electron chi connectivity index (χ1n) is 6.67. The predicted octanol–water partition coefficient (Wildman–Crippen LogP) is 1.55. The molecule has 0 unspecified atom stereocenters. The van der Waals surface area contributed by atoms with Crippen molar-refractivity contribution < 1.29 is 14.8 Å². The number of likely N-dealkylation sites (N-methyl/N-ethyl adjacent to an activating group) is 1. The van der Waals surface area contributed by atoms with Gasteiger partial charge in [-0.25, -0.2) is 0 Å². The molecule has 0 saturated carbocycles. The first-order chi connectivity index (χ1) is 9.69. The minimum atomic E-state index is -1.01. The zero-order chi connectivity index (χ0) is 16.2. The second kappa shape index (κ2) is 6.53. The molecule has 0 spiro atoms. The summed E-state index contributed by atoms with van der Waals surface area (Å²) in [5.41, 5.74) is -0.431. The van der Waals surface area contributed by atoms with Crippen molar-refractivity contribution in [2.75, 3.05) is 25.0 Å². The summed E-state index contributed by atoms with van der Waals surface area (Å²) in [7, 11) is 1.50. The molecule has 7 nitrogen and oxygen atoms in total. The van der Waals surface area contributed by atoms with Crippen LogP contribution < -0.4 is 10.2 Å². The lowest BCUT2D eigenvalue weighted by atomic mass is 10.1. The minimum absolute atomic E-state index is 0.0891. The Bertz CT molecular complexity index is 538. The molecule has 1 aromatic rings. The van der Waals surface area contributed by atoms with Crippen molar-refractivity contribution in [3.05, 3.63) is 33.9 Å². The standard InChI is InChI=1S/C14H21N3O4/c1-5-16(9-14(2,3)19)12-8-10(13(18)15-4)6-7-11(12)17(20)21/h6-8,19H,5,9H2,1-4H3,(H,15,18). The molecule has 1 amide bonds. The van der Waals surface area contributed by atoms with Crippen molar-refractivity contribution in [1.29, 1.82) is 0 Å². The largest absolute Gasteiger partial charge is 0.389 e. The molecule has 0 aliphatic heterocycles. The number of nitrogens with one attached hydrogen (secondary N) is 1. The van der Waals surface area contributed by atoms with Crippen LogP contribution in [0, 0.1) is 10.1 Å². The van der Waals surface area contributed by atoms with E-state index in [1.54, 1.807) is 18.7 Å². The average Bonchev–Trinajstić information content (AvgIpc) is 2.42. The Hall–Kier alpha value is -2.15. The summed E-state index contributed by atoms with van der Waals surface area (Å²) < 4.78 is 0. The Kier molecular flexibility index (Phi) is 5.26. The molecule has 0 aromatic heterocycles. The Labute approximate surface area is 123 Å². The second-order valence-electron chi connectivity index (χ2n) is 5.37. The van der Waals surface area contributed by atoms with Gasteiger partial charge in [0.2, 0.25) is 0 Å². The predicted molar refractivity (Wildman–Crippen MR) is 80.7 cm³/mol. The summed E-state index contributed by atoms with van der Waals surface area (Å²) in [4.78, 5) is 24.1. The van der Waals surface area contributed by atoms with Gasteiger partial charge in [0.25, 0.3) is 11.6 Å². The number of anilines is 1. The van der Waals surface area contributed by atoms with Crippen molar-refractivity contribution in [3.8, 4) is 0 Å². The fourth-order valence-corrected chi connectivity index (χ4v) is 2.05. The summed E-state index contributed by atoms with van der Waals surface area (Å²) in [6, 6.07) is 4.21. The number of nitrogens with zero attached hydrogens (tertiary/aromatic N) is 2. The fraction of sp³-hybridized carbons (Fsp3) is 0.500. The molecule has 0 heterocycles. The number of hydrogen-bond acceptors (Lipinski definition) is 5. The molecule has 0 fully saturated rings. The molecule has 0 saturated heterocycles. The van der Waals surface area contributed by atoms with Crippen LogP contribution in [0.2, 0.25) is 0 Å². The highest BCUT2D eigenvalue weighted by molar-refractivity contribution is 5.95. The first kappa shape index (κ1) is 16.9. The van der Waals surface area contributed by atoms with Gasteiger partial charge in [-0.05, 0) is 32.9 Å². The quantitative estimate of drug-likeness (QED) is 0.613. The van der Waals surface area contributed by atoms with Crippen LogP contribution in [-0.2, 0) is 0 Å². The molecular weight excluding hydrogens is 274 g/mol. The summed E-state index contributed by atoms with van der Waals surface area (Å²) in [5.74, 6) is -0.314. The maximum Gasteiger partial charge on any atom is 0.292 e. The Morgan fingerprint density at radius 2 is 2.10 bits per heavy atom. The molecule has 0 aliphatic carbocycles. The van der Waals surface area contributed by atoms with Crippen LogP contribution in [0.5, 0.6) is 0 Å². The van der Waals surface area contributed by atoms with Gasteiger partial charge in [0.05, 0.1) is 10.5 Å². The van der Waals surface area contributed by atoms with Crippen molar-refractivity contribution in [3.63, 3.8) is 0 Å². The Balaban J connectivity index is 3.33. The van der Waals surface area contributed by atoms with Gasteiger partial charge in [0.15, 0.2) is 0 Å². The van der Waals surface area contributed by atoms with E-state index in [2.05, 4.69) is 5.32 Å². The topological polar surface area (TPSA) is 95.7 Å². The lowest BCUT2D eigenvalue weighted by Gasteiger charge is -2.29. The number of benzene rings is 1. The highest BCUT2D eigenvalue weighted by Gasteiger charge is 2.24. The van der Waals surface area contributed by atoms with Crippen LogP contribution in [0.4, 0.5) is 11.4 Å². The molecule has 21 heavy (non-hydrogen) atoms. The molecule has 1 rings (SSSR count). The number of hydrogen-bond donors (Lipinski definition) is 2. The number of nitro benzene ring substituents is 1. The van der Waals surface area contributed by atoms with E-state index in [4.69, 9.17) is 0 Å². The van der Waals surface area contributed by atoms with E-state index >= 15 is 0 Å². The van der Waals surface area contributed by atoms with E-state index in [1.165, 1.54) is 25.2 Å². The minimum Gasteiger partial charge on any atom is -0.389 e. The van der Waals surface area contributed by atoms with Gasteiger partial charge in [-0.3, -0.25) is 14.9 Å². The van der Waals surface area contributed by atoms with Gasteiger partial charge in [-0.1, -0.05) is 0 Å². The van der Waals surface area contributed by atoms with Crippen LogP contribution in [0.3, 0.4) is 0 Å². The molecule has 116 valence electrons. The maximum atomic E-state index is 11.7. The van der Waals surface area contributed by atoms with E-state index in [-0.39, 0.29) is 18.1 Å². The number of rotatable bonds is 6. The maximum absolute atomic E-state index is 11.7. The summed E-state index contributed by atoms with van der Waals surface area (Å²) >= 11 is 0. The zero-order valence-electron chi connectivity index (χ0n) is 12.7. The third kappa shape index (κ3) is 4.42. The van der Waals surface area contributed by atoms with Crippen molar-refractivity contribution in [2.24, 2.45) is 0 Å². The van der Waals surface area contributed by atoms with E-state index in [0.29, 0.717) is 17.8 Å². The lowest BCUT2D eigenvalue weighted by Crippen LogP contribution is -2.39.